The van der Waals surface area contributed by atoms with Gasteiger partial charge in [0.2, 0.25) is 0 Å². The molecule has 2 amide bonds. The summed E-state index contributed by atoms with van der Waals surface area (Å²) in [5.41, 5.74) is 0.495. The third kappa shape index (κ3) is 4.15. The van der Waals surface area contributed by atoms with Gasteiger partial charge in [0, 0.05) is 18.3 Å². The number of halogens is 2. The first-order chi connectivity index (χ1) is 10.3. The van der Waals surface area contributed by atoms with Crippen molar-refractivity contribution in [2.45, 2.75) is 12.5 Å². The minimum absolute atomic E-state index is 0.0182. The molecule has 8 heteroatoms. The zero-order chi connectivity index (χ0) is 16.3. The Morgan fingerprint density at radius 3 is 2.68 bits per heavy atom. The molecule has 0 bridgehead atoms. The monoisotopic (exact) mass is 362 g/mol. The summed E-state index contributed by atoms with van der Waals surface area (Å²) in [6.45, 7) is 3.88. The summed E-state index contributed by atoms with van der Waals surface area (Å²) >= 11 is 11.7. The number of hydrogen-bond acceptors (Lipinski definition) is 3. The summed E-state index contributed by atoms with van der Waals surface area (Å²) in [6.07, 6.45) is 2.00. The Labute approximate surface area is 139 Å². The van der Waals surface area contributed by atoms with Gasteiger partial charge in [0.15, 0.2) is 9.84 Å². The number of carbonyl (C=O) groups is 1. The fraction of sp³-hybridized carbons (Fsp3) is 0.357. The molecule has 1 aliphatic heterocycles. The molecule has 0 aromatic heterocycles. The van der Waals surface area contributed by atoms with Gasteiger partial charge in [0.25, 0.3) is 0 Å². The van der Waals surface area contributed by atoms with Gasteiger partial charge in [-0.25, -0.2) is 13.2 Å². The lowest BCUT2D eigenvalue weighted by molar-refractivity contribution is 0.201. The van der Waals surface area contributed by atoms with E-state index in [1.807, 2.05) is 0 Å². The summed E-state index contributed by atoms with van der Waals surface area (Å²) in [7, 11) is -3.07. The maximum atomic E-state index is 12.4. The molecule has 1 unspecified atom stereocenters. The van der Waals surface area contributed by atoms with Crippen molar-refractivity contribution in [1.29, 1.82) is 0 Å². The molecule has 1 N–H and O–H groups in total. The summed E-state index contributed by atoms with van der Waals surface area (Å²) in [5.74, 6) is 0.0843. The number of nitrogens with one attached hydrogen (secondary N) is 1. The number of carbonyl (C=O) groups excluding carboxylic acids is 1. The second-order valence-electron chi connectivity index (χ2n) is 5.06. The van der Waals surface area contributed by atoms with Gasteiger partial charge in [-0.1, -0.05) is 29.3 Å². The van der Waals surface area contributed by atoms with Gasteiger partial charge in [-0.2, -0.15) is 0 Å². The largest absolute Gasteiger partial charge is 0.322 e. The third-order valence-electron chi connectivity index (χ3n) is 3.41. The quantitative estimate of drug-likeness (QED) is 0.836. The van der Waals surface area contributed by atoms with E-state index in [2.05, 4.69) is 11.9 Å². The van der Waals surface area contributed by atoms with Crippen LogP contribution in [-0.2, 0) is 9.84 Å². The second-order valence-corrected chi connectivity index (χ2v) is 8.10. The summed E-state index contributed by atoms with van der Waals surface area (Å²) in [5, 5.41) is 3.43. The van der Waals surface area contributed by atoms with E-state index < -0.39 is 9.84 Å². The van der Waals surface area contributed by atoms with Crippen LogP contribution in [0.2, 0.25) is 10.0 Å². The van der Waals surface area contributed by atoms with E-state index in [4.69, 9.17) is 23.2 Å². The van der Waals surface area contributed by atoms with Crippen molar-refractivity contribution in [3.8, 4) is 0 Å². The Hall–Kier alpha value is -1.24. The fourth-order valence-corrected chi connectivity index (χ4v) is 4.36. The van der Waals surface area contributed by atoms with Crippen LogP contribution < -0.4 is 5.32 Å². The van der Waals surface area contributed by atoms with Crippen molar-refractivity contribution in [2.24, 2.45) is 0 Å². The molecule has 1 fully saturated rings. The van der Waals surface area contributed by atoms with E-state index in [-0.39, 0.29) is 30.1 Å². The normalized spacial score (nSPS) is 19.6. The number of anilines is 1. The SMILES string of the molecule is C=CCN(C(=O)Nc1ccc(Cl)c(Cl)c1)C1CCS(=O)(=O)C1. The predicted octanol–water partition coefficient (Wildman–Crippen LogP) is 3.20. The molecule has 2 rings (SSSR count). The Kier molecular flexibility index (Phi) is 5.36. The number of sulfone groups is 1. The second kappa shape index (κ2) is 6.89. The van der Waals surface area contributed by atoms with Gasteiger partial charge < -0.3 is 10.2 Å². The molecule has 1 aromatic carbocycles. The number of hydrogen-bond donors (Lipinski definition) is 1. The highest BCUT2D eigenvalue weighted by molar-refractivity contribution is 7.91. The average molecular weight is 363 g/mol. The lowest BCUT2D eigenvalue weighted by Gasteiger charge is -2.27. The maximum absolute atomic E-state index is 12.4. The first-order valence-corrected chi connectivity index (χ1v) is 9.24. The summed E-state index contributed by atoms with van der Waals surface area (Å²) in [6, 6.07) is 4.02. The third-order valence-corrected chi connectivity index (χ3v) is 5.90. The fourth-order valence-electron chi connectivity index (χ4n) is 2.33. The molecule has 1 atom stereocenters. The Bertz CT molecular complexity index is 691. The van der Waals surface area contributed by atoms with Gasteiger partial charge in [0.05, 0.1) is 21.6 Å². The van der Waals surface area contributed by atoms with Crippen LogP contribution in [0.4, 0.5) is 10.5 Å². The zero-order valence-electron chi connectivity index (χ0n) is 11.8. The Balaban J connectivity index is 2.12. The standard InChI is InChI=1S/C14H16Cl2N2O3S/c1-2-6-18(11-5-7-22(20,21)9-11)14(19)17-10-3-4-12(15)13(16)8-10/h2-4,8,11H,1,5-7,9H2,(H,17,19). The lowest BCUT2D eigenvalue weighted by atomic mass is 10.2. The summed E-state index contributed by atoms with van der Waals surface area (Å²) in [4.78, 5) is 13.9. The topological polar surface area (TPSA) is 66.5 Å². The van der Waals surface area contributed by atoms with Crippen LogP contribution in [0.3, 0.4) is 0 Å². The van der Waals surface area contributed by atoms with Crippen LogP contribution in [0.15, 0.2) is 30.9 Å². The molecule has 1 aliphatic rings. The molecule has 1 aromatic rings. The highest BCUT2D eigenvalue weighted by Crippen LogP contribution is 2.26. The Morgan fingerprint density at radius 1 is 1.41 bits per heavy atom. The summed E-state index contributed by atoms with van der Waals surface area (Å²) < 4.78 is 23.2. The molecule has 1 heterocycles. The number of benzene rings is 1. The number of amides is 2. The molecule has 120 valence electrons. The molecule has 5 nitrogen and oxygen atoms in total. The molecule has 1 saturated heterocycles. The van der Waals surface area contributed by atoms with E-state index in [1.165, 1.54) is 4.90 Å². The smallest absolute Gasteiger partial charge is 0.317 e. The average Bonchev–Trinajstić information content (AvgIpc) is 2.80. The van der Waals surface area contributed by atoms with Crippen LogP contribution in [-0.4, -0.2) is 43.4 Å². The van der Waals surface area contributed by atoms with E-state index in [9.17, 15) is 13.2 Å². The van der Waals surface area contributed by atoms with E-state index in [1.54, 1.807) is 24.3 Å². The van der Waals surface area contributed by atoms with Gasteiger partial charge in [-0.05, 0) is 24.6 Å². The minimum atomic E-state index is -3.07. The minimum Gasteiger partial charge on any atom is -0.317 e. The van der Waals surface area contributed by atoms with Crippen molar-refractivity contribution < 1.29 is 13.2 Å². The van der Waals surface area contributed by atoms with Crippen molar-refractivity contribution in [3.63, 3.8) is 0 Å². The molecule has 0 spiro atoms. The Morgan fingerprint density at radius 2 is 2.14 bits per heavy atom. The maximum Gasteiger partial charge on any atom is 0.322 e. The van der Waals surface area contributed by atoms with Crippen LogP contribution in [0.25, 0.3) is 0 Å². The highest BCUT2D eigenvalue weighted by atomic mass is 35.5. The van der Waals surface area contributed by atoms with Crippen LogP contribution >= 0.6 is 23.2 Å². The van der Waals surface area contributed by atoms with Crippen LogP contribution in [0.5, 0.6) is 0 Å². The van der Waals surface area contributed by atoms with E-state index in [0.29, 0.717) is 22.2 Å². The first-order valence-electron chi connectivity index (χ1n) is 6.66. The number of urea groups is 1. The van der Waals surface area contributed by atoms with E-state index >= 15 is 0 Å². The number of rotatable bonds is 4. The van der Waals surface area contributed by atoms with Gasteiger partial charge in [-0.15, -0.1) is 6.58 Å². The molecular formula is C14H16Cl2N2O3S. The molecule has 22 heavy (non-hydrogen) atoms. The molecular weight excluding hydrogens is 347 g/mol. The van der Waals surface area contributed by atoms with E-state index in [0.717, 1.165) is 0 Å². The lowest BCUT2D eigenvalue weighted by Crippen LogP contribution is -2.43. The van der Waals surface area contributed by atoms with Gasteiger partial charge >= 0.3 is 6.03 Å². The van der Waals surface area contributed by atoms with Crippen molar-refractivity contribution in [2.75, 3.05) is 23.4 Å². The molecule has 0 saturated carbocycles. The van der Waals surface area contributed by atoms with Gasteiger partial charge in [0.1, 0.15) is 0 Å². The molecule has 0 aliphatic carbocycles. The van der Waals surface area contributed by atoms with Crippen molar-refractivity contribution in [3.05, 3.63) is 40.9 Å². The van der Waals surface area contributed by atoms with Crippen molar-refractivity contribution >= 4 is 44.8 Å². The van der Waals surface area contributed by atoms with Gasteiger partial charge in [-0.3, -0.25) is 0 Å². The molecule has 0 radical (unpaired) electrons. The first kappa shape index (κ1) is 17.1. The highest BCUT2D eigenvalue weighted by Gasteiger charge is 2.34. The van der Waals surface area contributed by atoms with Crippen LogP contribution in [0.1, 0.15) is 6.42 Å². The van der Waals surface area contributed by atoms with Crippen LogP contribution in [0, 0.1) is 0 Å². The van der Waals surface area contributed by atoms with Crippen molar-refractivity contribution in [1.82, 2.24) is 4.90 Å². The zero-order valence-corrected chi connectivity index (χ0v) is 14.1. The number of nitrogens with zero attached hydrogens (tertiary/aromatic N) is 1. The predicted molar refractivity (Wildman–Crippen MR) is 89.4 cm³/mol.